The molecule has 2 atom stereocenters. The molecule has 0 saturated carbocycles. The van der Waals surface area contributed by atoms with Gasteiger partial charge in [0.05, 0.1) is 30.2 Å². The molecular formula is C15H16N4O2. The maximum atomic E-state index is 12.0. The summed E-state index contributed by atoms with van der Waals surface area (Å²) in [7, 11) is 0. The first kappa shape index (κ1) is 13.7. The highest BCUT2D eigenvalue weighted by Crippen LogP contribution is 2.15. The van der Waals surface area contributed by atoms with Gasteiger partial charge in [0, 0.05) is 12.1 Å². The van der Waals surface area contributed by atoms with Gasteiger partial charge < -0.3 is 15.7 Å². The number of β-amino-alcohol motifs (C(OH)–C–C–N with tert-alkyl or cyclic N) is 1. The summed E-state index contributed by atoms with van der Waals surface area (Å²) in [5.41, 5.74) is 1.47. The lowest BCUT2D eigenvalue weighted by molar-refractivity contribution is -0.117. The molecule has 1 aromatic carbocycles. The smallest absolute Gasteiger partial charge is 0.241 e. The first-order chi connectivity index (χ1) is 10.2. The van der Waals surface area contributed by atoms with E-state index in [0.29, 0.717) is 24.5 Å². The van der Waals surface area contributed by atoms with Gasteiger partial charge in [-0.05, 0) is 6.42 Å². The van der Waals surface area contributed by atoms with Crippen LogP contribution in [0.25, 0.3) is 11.4 Å². The Morgan fingerprint density at radius 2 is 1.95 bits per heavy atom. The van der Waals surface area contributed by atoms with Gasteiger partial charge in [-0.25, -0.2) is 9.97 Å². The minimum atomic E-state index is -0.461. The zero-order valence-corrected chi connectivity index (χ0v) is 11.4. The average Bonchev–Trinajstić information content (AvgIpc) is 2.96. The van der Waals surface area contributed by atoms with Crippen molar-refractivity contribution < 1.29 is 9.90 Å². The quantitative estimate of drug-likeness (QED) is 0.776. The van der Waals surface area contributed by atoms with Crippen LogP contribution >= 0.6 is 0 Å². The maximum Gasteiger partial charge on any atom is 0.241 e. The van der Waals surface area contributed by atoms with Crippen molar-refractivity contribution in [3.05, 3.63) is 42.7 Å². The van der Waals surface area contributed by atoms with Crippen LogP contribution in [0.4, 0.5) is 5.69 Å². The Kier molecular flexibility index (Phi) is 3.89. The lowest BCUT2D eigenvalue weighted by Gasteiger charge is -2.10. The van der Waals surface area contributed by atoms with Crippen molar-refractivity contribution in [1.82, 2.24) is 15.3 Å². The SMILES string of the molecule is O=C(Nc1cnc(-c2ccccc2)nc1)[C@@H]1C[C@@H](O)CN1. The molecule has 1 aliphatic rings. The van der Waals surface area contributed by atoms with Crippen molar-refractivity contribution in [3.63, 3.8) is 0 Å². The summed E-state index contributed by atoms with van der Waals surface area (Å²) in [5, 5.41) is 15.1. The average molecular weight is 284 g/mol. The summed E-state index contributed by atoms with van der Waals surface area (Å²) < 4.78 is 0. The zero-order valence-electron chi connectivity index (χ0n) is 11.4. The van der Waals surface area contributed by atoms with E-state index >= 15 is 0 Å². The molecule has 0 aliphatic carbocycles. The van der Waals surface area contributed by atoms with Crippen molar-refractivity contribution in [1.29, 1.82) is 0 Å². The van der Waals surface area contributed by atoms with Gasteiger partial charge in [0.1, 0.15) is 0 Å². The van der Waals surface area contributed by atoms with E-state index in [4.69, 9.17) is 0 Å². The third-order valence-corrected chi connectivity index (χ3v) is 3.38. The molecule has 21 heavy (non-hydrogen) atoms. The number of hydrogen-bond donors (Lipinski definition) is 3. The number of aromatic nitrogens is 2. The number of anilines is 1. The second-order valence-corrected chi connectivity index (χ2v) is 5.00. The highest BCUT2D eigenvalue weighted by Gasteiger charge is 2.28. The number of aliphatic hydroxyl groups excluding tert-OH is 1. The molecule has 1 amide bonds. The third kappa shape index (κ3) is 3.24. The van der Waals surface area contributed by atoms with E-state index in [9.17, 15) is 9.90 Å². The summed E-state index contributed by atoms with van der Waals surface area (Å²) in [4.78, 5) is 20.5. The van der Waals surface area contributed by atoms with Crippen LogP contribution in [0.3, 0.4) is 0 Å². The van der Waals surface area contributed by atoms with Crippen LogP contribution < -0.4 is 10.6 Å². The Hall–Kier alpha value is -2.31. The van der Waals surface area contributed by atoms with Crippen LogP contribution in [0.2, 0.25) is 0 Å². The van der Waals surface area contributed by atoms with Gasteiger partial charge in [-0.3, -0.25) is 4.79 Å². The fourth-order valence-corrected chi connectivity index (χ4v) is 2.28. The molecule has 1 fully saturated rings. The van der Waals surface area contributed by atoms with Crippen LogP contribution in [0, 0.1) is 0 Å². The molecule has 1 saturated heterocycles. The van der Waals surface area contributed by atoms with Crippen LogP contribution in [-0.2, 0) is 4.79 Å². The zero-order chi connectivity index (χ0) is 14.7. The molecule has 1 aromatic heterocycles. The van der Waals surface area contributed by atoms with E-state index in [1.807, 2.05) is 30.3 Å². The largest absolute Gasteiger partial charge is 0.392 e. The Labute approximate surface area is 122 Å². The van der Waals surface area contributed by atoms with Crippen LogP contribution in [0.15, 0.2) is 42.7 Å². The van der Waals surface area contributed by atoms with E-state index in [1.54, 1.807) is 12.4 Å². The normalized spacial score (nSPS) is 21.2. The van der Waals surface area contributed by atoms with Gasteiger partial charge in [-0.1, -0.05) is 30.3 Å². The predicted molar refractivity (Wildman–Crippen MR) is 78.5 cm³/mol. The Bertz CT molecular complexity index is 615. The number of amides is 1. The standard InChI is InChI=1S/C15H16N4O2/c20-12-6-13(16-9-12)15(21)19-11-7-17-14(18-8-11)10-4-2-1-3-5-10/h1-5,7-8,12-13,16,20H,6,9H2,(H,19,21)/t12-,13+/m1/s1. The molecule has 3 rings (SSSR count). The lowest BCUT2D eigenvalue weighted by atomic mass is 10.2. The summed E-state index contributed by atoms with van der Waals surface area (Å²) in [6.07, 6.45) is 3.13. The third-order valence-electron chi connectivity index (χ3n) is 3.38. The molecule has 2 heterocycles. The number of rotatable bonds is 3. The Morgan fingerprint density at radius 3 is 2.57 bits per heavy atom. The fraction of sp³-hybridized carbons (Fsp3) is 0.267. The number of nitrogens with zero attached hydrogens (tertiary/aromatic N) is 2. The molecule has 0 radical (unpaired) electrons. The van der Waals surface area contributed by atoms with Gasteiger partial charge in [-0.2, -0.15) is 0 Å². The molecule has 0 unspecified atom stereocenters. The van der Waals surface area contributed by atoms with Crippen molar-refractivity contribution in [2.24, 2.45) is 0 Å². The second kappa shape index (κ2) is 5.99. The van der Waals surface area contributed by atoms with Crippen LogP contribution in [0.1, 0.15) is 6.42 Å². The van der Waals surface area contributed by atoms with Crippen LogP contribution in [-0.4, -0.2) is 39.7 Å². The monoisotopic (exact) mass is 284 g/mol. The highest BCUT2D eigenvalue weighted by atomic mass is 16.3. The van der Waals surface area contributed by atoms with Gasteiger partial charge in [0.25, 0.3) is 0 Å². The number of aliphatic hydroxyl groups is 1. The minimum absolute atomic E-state index is 0.178. The van der Waals surface area contributed by atoms with Crippen molar-refractivity contribution >= 4 is 11.6 Å². The summed E-state index contributed by atoms with van der Waals surface area (Å²) in [6.45, 7) is 0.446. The maximum absolute atomic E-state index is 12.0. The van der Waals surface area contributed by atoms with Crippen molar-refractivity contribution in [2.75, 3.05) is 11.9 Å². The van der Waals surface area contributed by atoms with Crippen LogP contribution in [0.5, 0.6) is 0 Å². The molecular weight excluding hydrogens is 268 g/mol. The topological polar surface area (TPSA) is 87.1 Å². The molecule has 0 spiro atoms. The molecule has 108 valence electrons. The number of carbonyl (C=O) groups excluding carboxylic acids is 1. The van der Waals surface area contributed by atoms with Gasteiger partial charge in [0.2, 0.25) is 5.91 Å². The van der Waals surface area contributed by atoms with Gasteiger partial charge in [0.15, 0.2) is 5.82 Å². The lowest BCUT2D eigenvalue weighted by Crippen LogP contribution is -2.35. The first-order valence-electron chi connectivity index (χ1n) is 6.82. The number of benzene rings is 1. The van der Waals surface area contributed by atoms with E-state index in [2.05, 4.69) is 20.6 Å². The summed E-state index contributed by atoms with van der Waals surface area (Å²) in [5.74, 6) is 0.436. The minimum Gasteiger partial charge on any atom is -0.392 e. The summed E-state index contributed by atoms with van der Waals surface area (Å²) in [6, 6.07) is 9.26. The molecule has 6 nitrogen and oxygen atoms in total. The molecule has 1 aliphatic heterocycles. The number of nitrogens with one attached hydrogen (secondary N) is 2. The van der Waals surface area contributed by atoms with Crippen molar-refractivity contribution in [3.8, 4) is 11.4 Å². The van der Waals surface area contributed by atoms with E-state index in [1.165, 1.54) is 0 Å². The van der Waals surface area contributed by atoms with E-state index in [-0.39, 0.29) is 11.9 Å². The number of carbonyl (C=O) groups is 1. The van der Waals surface area contributed by atoms with Crippen molar-refractivity contribution in [2.45, 2.75) is 18.6 Å². The second-order valence-electron chi connectivity index (χ2n) is 5.00. The predicted octanol–water partition coefficient (Wildman–Crippen LogP) is 0.805. The van der Waals surface area contributed by atoms with E-state index in [0.717, 1.165) is 5.56 Å². The summed E-state index contributed by atoms with van der Waals surface area (Å²) >= 11 is 0. The Balaban J connectivity index is 1.66. The Morgan fingerprint density at radius 1 is 1.24 bits per heavy atom. The molecule has 0 bridgehead atoms. The number of hydrogen-bond acceptors (Lipinski definition) is 5. The molecule has 6 heteroatoms. The van der Waals surface area contributed by atoms with E-state index < -0.39 is 6.10 Å². The first-order valence-corrected chi connectivity index (χ1v) is 6.82. The molecule has 2 aromatic rings. The van der Waals surface area contributed by atoms with Gasteiger partial charge >= 0.3 is 0 Å². The van der Waals surface area contributed by atoms with Gasteiger partial charge in [-0.15, -0.1) is 0 Å². The molecule has 3 N–H and O–H groups in total. The fourth-order valence-electron chi connectivity index (χ4n) is 2.28. The highest BCUT2D eigenvalue weighted by molar-refractivity contribution is 5.94.